The molecule has 138 valence electrons. The van der Waals surface area contributed by atoms with E-state index in [2.05, 4.69) is 27.8 Å². The second-order valence-electron chi connectivity index (χ2n) is 6.56. The molecule has 0 saturated carbocycles. The van der Waals surface area contributed by atoms with Crippen LogP contribution in [0.3, 0.4) is 0 Å². The second-order valence-corrected chi connectivity index (χ2v) is 6.56. The van der Waals surface area contributed by atoms with Gasteiger partial charge in [0.2, 0.25) is 0 Å². The number of benzene rings is 1. The van der Waals surface area contributed by atoms with Crippen LogP contribution in [-0.4, -0.2) is 48.3 Å². The van der Waals surface area contributed by atoms with Crippen molar-refractivity contribution in [3.63, 3.8) is 0 Å². The lowest BCUT2D eigenvalue weighted by Gasteiger charge is -2.17. The van der Waals surface area contributed by atoms with Crippen molar-refractivity contribution in [2.24, 2.45) is 4.99 Å². The van der Waals surface area contributed by atoms with Crippen molar-refractivity contribution in [1.29, 1.82) is 0 Å². The number of nitrogens with one attached hydrogen (secondary N) is 2. The van der Waals surface area contributed by atoms with Gasteiger partial charge in [-0.05, 0) is 44.7 Å². The van der Waals surface area contributed by atoms with Crippen LogP contribution in [0.25, 0.3) is 0 Å². The van der Waals surface area contributed by atoms with Crippen LogP contribution in [-0.2, 0) is 0 Å². The highest BCUT2D eigenvalue weighted by Crippen LogP contribution is 2.22. The third-order valence-corrected chi connectivity index (χ3v) is 4.63. The van der Waals surface area contributed by atoms with Gasteiger partial charge in [0.25, 0.3) is 11.8 Å². The average molecular weight is 354 g/mol. The fraction of sp³-hybridized carbons (Fsp3) is 0.450. The molecule has 3 rings (SSSR count). The molecule has 1 aliphatic carbocycles. The molecule has 0 atom stereocenters. The lowest BCUT2D eigenvalue weighted by molar-refractivity contribution is 0.0652. The number of guanidine groups is 1. The zero-order valence-electron chi connectivity index (χ0n) is 15.2. The summed E-state index contributed by atoms with van der Waals surface area (Å²) in [6.07, 6.45) is 8.01. The van der Waals surface area contributed by atoms with E-state index >= 15 is 0 Å². The summed E-state index contributed by atoms with van der Waals surface area (Å²) >= 11 is 0. The van der Waals surface area contributed by atoms with Crippen molar-refractivity contribution in [2.45, 2.75) is 38.6 Å². The van der Waals surface area contributed by atoms with E-state index in [-0.39, 0.29) is 11.8 Å². The molecule has 1 aromatic carbocycles. The summed E-state index contributed by atoms with van der Waals surface area (Å²) in [5.74, 6) is 0.470. The number of imide groups is 1. The van der Waals surface area contributed by atoms with Gasteiger partial charge < -0.3 is 10.6 Å². The molecular weight excluding hydrogens is 328 g/mol. The maximum Gasteiger partial charge on any atom is 0.261 e. The number of hydrogen-bond donors (Lipinski definition) is 2. The Morgan fingerprint density at radius 3 is 2.38 bits per heavy atom. The molecule has 0 radical (unpaired) electrons. The fourth-order valence-electron chi connectivity index (χ4n) is 3.26. The highest BCUT2D eigenvalue weighted by atomic mass is 16.2. The normalized spacial score (nSPS) is 17.1. The van der Waals surface area contributed by atoms with E-state index < -0.39 is 0 Å². The Kier molecular flexibility index (Phi) is 6.04. The Balaban J connectivity index is 1.44. The summed E-state index contributed by atoms with van der Waals surface area (Å²) in [5, 5.41) is 6.69. The van der Waals surface area contributed by atoms with Crippen molar-refractivity contribution in [3.8, 4) is 0 Å². The van der Waals surface area contributed by atoms with Gasteiger partial charge in [-0.25, -0.2) is 0 Å². The van der Waals surface area contributed by atoms with E-state index in [0.717, 1.165) is 38.2 Å². The lowest BCUT2D eigenvalue weighted by Crippen LogP contribution is -2.42. The molecule has 0 fully saturated rings. The zero-order valence-corrected chi connectivity index (χ0v) is 15.2. The van der Waals surface area contributed by atoms with E-state index in [1.807, 2.05) is 6.92 Å². The third-order valence-electron chi connectivity index (χ3n) is 4.63. The van der Waals surface area contributed by atoms with Gasteiger partial charge in [0, 0.05) is 25.7 Å². The summed E-state index contributed by atoms with van der Waals surface area (Å²) in [6.45, 7) is 3.98. The molecule has 0 bridgehead atoms. The molecule has 2 aliphatic rings. The van der Waals surface area contributed by atoms with E-state index in [1.54, 1.807) is 24.3 Å². The van der Waals surface area contributed by atoms with Crippen LogP contribution in [0.1, 0.15) is 53.3 Å². The first kappa shape index (κ1) is 18.2. The quantitative estimate of drug-likeness (QED) is 0.259. The van der Waals surface area contributed by atoms with E-state index in [4.69, 9.17) is 0 Å². The third kappa shape index (κ3) is 4.12. The second kappa shape index (κ2) is 8.65. The molecule has 0 saturated heterocycles. The molecule has 6 heteroatoms. The highest BCUT2D eigenvalue weighted by molar-refractivity contribution is 6.21. The predicted molar refractivity (Wildman–Crippen MR) is 102 cm³/mol. The standard InChI is InChI=1S/C20H26N4O2/c1-2-21-20(23-15-9-3-4-10-15)22-13-7-8-14-24-18(25)16-11-5-6-12-17(16)19(24)26/h3-6,11-12,15H,2,7-10,13-14H2,1H3,(H2,21,22,23). The summed E-state index contributed by atoms with van der Waals surface area (Å²) in [5.41, 5.74) is 1.03. The van der Waals surface area contributed by atoms with Crippen LogP contribution in [0.2, 0.25) is 0 Å². The monoisotopic (exact) mass is 354 g/mol. The van der Waals surface area contributed by atoms with Crippen LogP contribution in [0.5, 0.6) is 0 Å². The summed E-state index contributed by atoms with van der Waals surface area (Å²) in [6, 6.07) is 7.43. The largest absolute Gasteiger partial charge is 0.357 e. The van der Waals surface area contributed by atoms with Gasteiger partial charge in [-0.1, -0.05) is 24.3 Å². The molecule has 2 N–H and O–H groups in total. The van der Waals surface area contributed by atoms with E-state index in [0.29, 0.717) is 30.3 Å². The van der Waals surface area contributed by atoms with E-state index in [9.17, 15) is 9.59 Å². The van der Waals surface area contributed by atoms with Crippen LogP contribution in [0.4, 0.5) is 0 Å². The Labute approximate surface area is 154 Å². The molecule has 6 nitrogen and oxygen atoms in total. The minimum atomic E-state index is -0.183. The molecule has 1 aliphatic heterocycles. The van der Waals surface area contributed by atoms with Crippen LogP contribution >= 0.6 is 0 Å². The molecule has 1 aromatic rings. The molecule has 0 spiro atoms. The average Bonchev–Trinajstić information content (AvgIpc) is 3.24. The van der Waals surface area contributed by atoms with Gasteiger partial charge >= 0.3 is 0 Å². The first-order chi connectivity index (χ1) is 12.7. The molecule has 0 unspecified atom stereocenters. The number of rotatable bonds is 7. The van der Waals surface area contributed by atoms with Crippen LogP contribution < -0.4 is 10.6 Å². The van der Waals surface area contributed by atoms with Gasteiger partial charge in [0.1, 0.15) is 0 Å². The number of fused-ring (bicyclic) bond motifs is 1. The minimum Gasteiger partial charge on any atom is -0.357 e. The first-order valence-electron chi connectivity index (χ1n) is 9.35. The Morgan fingerprint density at radius 2 is 1.77 bits per heavy atom. The number of carbonyl (C=O) groups is 2. The molecule has 1 heterocycles. The number of amides is 2. The van der Waals surface area contributed by atoms with Crippen LogP contribution in [0.15, 0.2) is 41.4 Å². The van der Waals surface area contributed by atoms with Crippen molar-refractivity contribution in [3.05, 3.63) is 47.5 Å². The van der Waals surface area contributed by atoms with Crippen molar-refractivity contribution < 1.29 is 9.59 Å². The SMILES string of the molecule is CCNC(=NCCCCN1C(=O)c2ccccc2C1=O)NC1CC=CC1. The van der Waals surface area contributed by atoms with Gasteiger partial charge in [0.15, 0.2) is 5.96 Å². The zero-order chi connectivity index (χ0) is 18.4. The topological polar surface area (TPSA) is 73.8 Å². The minimum absolute atomic E-state index is 0.183. The molecule has 2 amide bonds. The Morgan fingerprint density at radius 1 is 1.12 bits per heavy atom. The number of nitrogens with zero attached hydrogens (tertiary/aromatic N) is 2. The van der Waals surface area contributed by atoms with Gasteiger partial charge in [0.05, 0.1) is 11.1 Å². The first-order valence-corrected chi connectivity index (χ1v) is 9.35. The van der Waals surface area contributed by atoms with Crippen molar-refractivity contribution >= 4 is 17.8 Å². The smallest absolute Gasteiger partial charge is 0.261 e. The number of carbonyl (C=O) groups excluding carboxylic acids is 2. The maximum absolute atomic E-state index is 12.3. The van der Waals surface area contributed by atoms with Crippen molar-refractivity contribution in [2.75, 3.05) is 19.6 Å². The number of unbranched alkanes of at least 4 members (excludes halogenated alkanes) is 1. The van der Waals surface area contributed by atoms with Gasteiger partial charge in [-0.2, -0.15) is 0 Å². The Hall–Kier alpha value is -2.63. The number of aliphatic imine (C=N–C) groups is 1. The summed E-state index contributed by atoms with van der Waals surface area (Å²) in [7, 11) is 0. The fourth-order valence-corrected chi connectivity index (χ4v) is 3.26. The maximum atomic E-state index is 12.3. The predicted octanol–water partition coefficient (Wildman–Crippen LogP) is 2.34. The molecule has 0 aromatic heterocycles. The van der Waals surface area contributed by atoms with E-state index in [1.165, 1.54) is 4.90 Å². The lowest BCUT2D eigenvalue weighted by atomic mass is 10.1. The van der Waals surface area contributed by atoms with Crippen molar-refractivity contribution in [1.82, 2.24) is 15.5 Å². The number of hydrogen-bond acceptors (Lipinski definition) is 3. The van der Waals surface area contributed by atoms with Crippen LogP contribution in [0, 0.1) is 0 Å². The van der Waals surface area contributed by atoms with Gasteiger partial charge in [-0.3, -0.25) is 19.5 Å². The van der Waals surface area contributed by atoms with Gasteiger partial charge in [-0.15, -0.1) is 0 Å². The summed E-state index contributed by atoms with van der Waals surface area (Å²) in [4.78, 5) is 30.6. The summed E-state index contributed by atoms with van der Waals surface area (Å²) < 4.78 is 0. The molecular formula is C20H26N4O2. The highest BCUT2D eigenvalue weighted by Gasteiger charge is 2.34. The molecule has 26 heavy (non-hydrogen) atoms. The Bertz CT molecular complexity index is 683.